The highest BCUT2D eigenvalue weighted by Crippen LogP contribution is 2.31. The molecule has 5 rings (SSSR count). The van der Waals surface area contributed by atoms with E-state index in [0.29, 0.717) is 5.88 Å². The number of nitrogens with one attached hydrogen (secondary N) is 1. The Kier molecular flexibility index (Phi) is 3.34. The van der Waals surface area contributed by atoms with Gasteiger partial charge in [-0.25, -0.2) is 14.5 Å². The molecule has 4 aromatic heterocycles. The van der Waals surface area contributed by atoms with Gasteiger partial charge in [0.2, 0.25) is 5.88 Å². The average molecular weight is 347 g/mol. The van der Waals surface area contributed by atoms with E-state index in [1.165, 1.54) is 11.3 Å². The number of ether oxygens (including phenoxy) is 1. The Balaban J connectivity index is 1.58. The van der Waals surface area contributed by atoms with Crippen LogP contribution in [0.4, 0.5) is 5.82 Å². The minimum atomic E-state index is 0.565. The number of pyridine rings is 1. The van der Waals surface area contributed by atoms with Crippen molar-refractivity contribution < 1.29 is 4.74 Å². The van der Waals surface area contributed by atoms with E-state index in [1.807, 2.05) is 30.6 Å². The highest BCUT2D eigenvalue weighted by Gasteiger charge is 2.20. The van der Waals surface area contributed by atoms with E-state index < -0.39 is 0 Å². The summed E-state index contributed by atoms with van der Waals surface area (Å²) in [5, 5.41) is 11.6. The normalized spacial score (nSPS) is 13.8. The number of H-pyrrole nitrogens is 1. The van der Waals surface area contributed by atoms with Crippen LogP contribution in [0.1, 0.15) is 11.3 Å². The number of rotatable bonds is 3. The van der Waals surface area contributed by atoms with Gasteiger partial charge in [0.15, 0.2) is 5.65 Å². The maximum absolute atomic E-state index is 5.40. The largest absolute Gasteiger partial charge is 0.481 e. The standard InChI is InChI=1S/C18H17N7O/c1-26-18-13(3-2-6-19-18)14-10-21-25-8-5-16(22-17(14)25)24-7-4-15-12(11-24)9-20-23-15/h2-3,5-6,8-10H,4,7,11H2,1H3,(H,20,23). The summed E-state index contributed by atoms with van der Waals surface area (Å²) < 4.78 is 7.17. The maximum Gasteiger partial charge on any atom is 0.221 e. The summed E-state index contributed by atoms with van der Waals surface area (Å²) in [6.45, 7) is 1.70. The molecule has 0 atom stereocenters. The Hall–Kier alpha value is -3.42. The average Bonchev–Trinajstić information content (AvgIpc) is 3.33. The predicted octanol–water partition coefficient (Wildman–Crippen LogP) is 2.09. The van der Waals surface area contributed by atoms with Crippen molar-refractivity contribution in [1.29, 1.82) is 0 Å². The van der Waals surface area contributed by atoms with Crippen LogP contribution < -0.4 is 9.64 Å². The van der Waals surface area contributed by atoms with Crippen LogP contribution in [-0.4, -0.2) is 43.4 Å². The summed E-state index contributed by atoms with van der Waals surface area (Å²) in [6.07, 6.45) is 8.28. The van der Waals surface area contributed by atoms with Crippen LogP contribution in [0.25, 0.3) is 16.8 Å². The van der Waals surface area contributed by atoms with Crippen LogP contribution >= 0.6 is 0 Å². The van der Waals surface area contributed by atoms with Crippen molar-refractivity contribution in [3.63, 3.8) is 0 Å². The van der Waals surface area contributed by atoms with Gasteiger partial charge in [0.05, 0.1) is 25.1 Å². The second-order valence-corrected chi connectivity index (χ2v) is 6.22. The molecule has 0 amide bonds. The van der Waals surface area contributed by atoms with E-state index >= 15 is 0 Å². The lowest BCUT2D eigenvalue weighted by molar-refractivity contribution is 0.400. The number of fused-ring (bicyclic) bond motifs is 2. The van der Waals surface area contributed by atoms with Crippen LogP contribution in [0.2, 0.25) is 0 Å². The fraction of sp³-hybridized carbons (Fsp3) is 0.222. The Labute approximate surface area is 149 Å². The van der Waals surface area contributed by atoms with E-state index in [1.54, 1.807) is 24.0 Å². The van der Waals surface area contributed by atoms with E-state index in [-0.39, 0.29) is 0 Å². The Morgan fingerprint density at radius 2 is 2.15 bits per heavy atom. The van der Waals surface area contributed by atoms with Gasteiger partial charge in [-0.1, -0.05) is 0 Å². The SMILES string of the molecule is COc1ncccc1-c1cnn2ccc(N3CCc4[nH]ncc4C3)nc12. The van der Waals surface area contributed by atoms with Crippen molar-refractivity contribution in [1.82, 2.24) is 29.8 Å². The lowest BCUT2D eigenvalue weighted by Crippen LogP contribution is -2.30. The third-order valence-corrected chi connectivity index (χ3v) is 4.73. The fourth-order valence-electron chi connectivity index (χ4n) is 3.40. The van der Waals surface area contributed by atoms with Crippen LogP contribution in [0.3, 0.4) is 0 Å². The molecule has 26 heavy (non-hydrogen) atoms. The number of aromatic amines is 1. The summed E-state index contributed by atoms with van der Waals surface area (Å²) in [5.74, 6) is 1.49. The van der Waals surface area contributed by atoms with Crippen molar-refractivity contribution in [3.8, 4) is 17.0 Å². The lowest BCUT2D eigenvalue weighted by Gasteiger charge is -2.27. The molecule has 1 aliphatic rings. The first-order valence-electron chi connectivity index (χ1n) is 8.43. The second-order valence-electron chi connectivity index (χ2n) is 6.22. The molecule has 0 aliphatic carbocycles. The van der Waals surface area contributed by atoms with Gasteiger partial charge in [-0.05, 0) is 18.2 Å². The quantitative estimate of drug-likeness (QED) is 0.611. The zero-order valence-electron chi connectivity index (χ0n) is 14.3. The molecule has 4 aromatic rings. The molecule has 1 N–H and O–H groups in total. The topological polar surface area (TPSA) is 84.2 Å². The van der Waals surface area contributed by atoms with Crippen molar-refractivity contribution in [2.75, 3.05) is 18.6 Å². The zero-order valence-corrected chi connectivity index (χ0v) is 14.3. The van der Waals surface area contributed by atoms with Gasteiger partial charge in [-0.15, -0.1) is 0 Å². The number of nitrogens with zero attached hydrogens (tertiary/aromatic N) is 6. The first kappa shape index (κ1) is 14.9. The first-order chi connectivity index (χ1) is 12.8. The Morgan fingerprint density at radius 3 is 3.08 bits per heavy atom. The molecule has 0 spiro atoms. The molecule has 0 saturated carbocycles. The number of methoxy groups -OCH3 is 1. The molecule has 1 aliphatic heterocycles. The molecule has 8 nitrogen and oxygen atoms in total. The molecule has 0 aromatic carbocycles. The Bertz CT molecular complexity index is 1080. The molecule has 0 bridgehead atoms. The molecular formula is C18H17N7O. The Morgan fingerprint density at radius 1 is 1.19 bits per heavy atom. The molecular weight excluding hydrogens is 330 g/mol. The molecule has 0 radical (unpaired) electrons. The van der Waals surface area contributed by atoms with Gasteiger partial charge in [0.1, 0.15) is 5.82 Å². The third-order valence-electron chi connectivity index (χ3n) is 4.73. The van der Waals surface area contributed by atoms with Crippen molar-refractivity contribution in [3.05, 3.63) is 54.2 Å². The van der Waals surface area contributed by atoms with Gasteiger partial charge >= 0.3 is 0 Å². The van der Waals surface area contributed by atoms with Gasteiger partial charge in [0, 0.05) is 48.7 Å². The molecule has 0 saturated heterocycles. The maximum atomic E-state index is 5.40. The van der Waals surface area contributed by atoms with E-state index in [9.17, 15) is 0 Å². The van der Waals surface area contributed by atoms with Gasteiger partial charge < -0.3 is 9.64 Å². The summed E-state index contributed by atoms with van der Waals surface area (Å²) in [7, 11) is 1.62. The summed E-state index contributed by atoms with van der Waals surface area (Å²) in [5.41, 5.74) is 5.00. The highest BCUT2D eigenvalue weighted by molar-refractivity contribution is 5.80. The lowest BCUT2D eigenvalue weighted by atomic mass is 10.1. The molecule has 5 heterocycles. The molecule has 0 unspecified atom stereocenters. The van der Waals surface area contributed by atoms with Crippen LogP contribution in [0.5, 0.6) is 5.88 Å². The monoisotopic (exact) mass is 347 g/mol. The second kappa shape index (κ2) is 5.83. The zero-order chi connectivity index (χ0) is 17.5. The minimum absolute atomic E-state index is 0.565. The summed E-state index contributed by atoms with van der Waals surface area (Å²) in [4.78, 5) is 11.4. The predicted molar refractivity (Wildman–Crippen MR) is 96.1 cm³/mol. The van der Waals surface area contributed by atoms with Crippen molar-refractivity contribution in [2.24, 2.45) is 0 Å². The summed E-state index contributed by atoms with van der Waals surface area (Å²) >= 11 is 0. The molecule has 130 valence electrons. The minimum Gasteiger partial charge on any atom is -0.481 e. The van der Waals surface area contributed by atoms with E-state index in [4.69, 9.17) is 9.72 Å². The molecule has 8 heteroatoms. The van der Waals surface area contributed by atoms with Crippen molar-refractivity contribution in [2.45, 2.75) is 13.0 Å². The number of hydrogen-bond donors (Lipinski definition) is 1. The number of anilines is 1. The van der Waals surface area contributed by atoms with E-state index in [2.05, 4.69) is 25.2 Å². The fourth-order valence-corrected chi connectivity index (χ4v) is 3.40. The highest BCUT2D eigenvalue weighted by atomic mass is 16.5. The summed E-state index contributed by atoms with van der Waals surface area (Å²) in [6, 6.07) is 5.85. The van der Waals surface area contributed by atoms with Crippen LogP contribution in [0, 0.1) is 0 Å². The van der Waals surface area contributed by atoms with Crippen LogP contribution in [-0.2, 0) is 13.0 Å². The van der Waals surface area contributed by atoms with Gasteiger partial charge in [0.25, 0.3) is 0 Å². The van der Waals surface area contributed by atoms with Crippen molar-refractivity contribution >= 4 is 11.5 Å². The number of aromatic nitrogens is 6. The molecule has 0 fully saturated rings. The number of hydrogen-bond acceptors (Lipinski definition) is 6. The third kappa shape index (κ3) is 2.30. The van der Waals surface area contributed by atoms with Gasteiger partial charge in [-0.3, -0.25) is 5.10 Å². The van der Waals surface area contributed by atoms with Crippen LogP contribution in [0.15, 0.2) is 43.0 Å². The first-order valence-corrected chi connectivity index (χ1v) is 8.43. The van der Waals surface area contributed by atoms with Gasteiger partial charge in [-0.2, -0.15) is 10.2 Å². The van der Waals surface area contributed by atoms with E-state index in [0.717, 1.165) is 42.1 Å². The smallest absolute Gasteiger partial charge is 0.221 e.